The van der Waals surface area contributed by atoms with Gasteiger partial charge in [-0.15, -0.1) is 0 Å². The molecule has 1 spiro atoms. The summed E-state index contributed by atoms with van der Waals surface area (Å²) in [5.41, 5.74) is 6.73. The summed E-state index contributed by atoms with van der Waals surface area (Å²) in [7, 11) is 3.70. The Morgan fingerprint density at radius 1 is 1.17 bits per heavy atom. The molecule has 8 unspecified atom stereocenters. The number of nitrogens with one attached hydrogen (secondary N) is 1. The zero-order chi connectivity index (χ0) is 37.5. The highest BCUT2D eigenvalue weighted by Crippen LogP contribution is 2.62. The van der Waals surface area contributed by atoms with Crippen molar-refractivity contribution in [2.24, 2.45) is 47.2 Å². The fraction of sp³-hybridized carbons (Fsp3) is 0.825. The van der Waals surface area contributed by atoms with Gasteiger partial charge in [0.25, 0.3) is 0 Å². The summed E-state index contributed by atoms with van der Waals surface area (Å²) in [5.74, 6) is 1.41. The number of esters is 2. The third-order valence-electron chi connectivity index (χ3n) is 14.2. The molecule has 5 N–H and O–H groups in total. The van der Waals surface area contributed by atoms with Crippen LogP contribution in [-0.2, 0) is 28.6 Å². The molecule has 0 radical (unpaired) electrons. The van der Waals surface area contributed by atoms with Crippen LogP contribution in [0, 0.1) is 41.4 Å². The maximum absolute atomic E-state index is 13.9. The first-order valence-corrected chi connectivity index (χ1v) is 22.7. The molecule has 7 rings (SSSR count). The van der Waals surface area contributed by atoms with Crippen LogP contribution in [0.1, 0.15) is 91.4 Å². The minimum absolute atomic E-state index is 0.0114. The van der Waals surface area contributed by atoms with Crippen molar-refractivity contribution in [3.63, 3.8) is 0 Å². The number of piperidine rings is 1. The predicted molar refractivity (Wildman–Crippen MR) is 205 cm³/mol. The first-order valence-electron chi connectivity index (χ1n) is 20.2. The summed E-state index contributed by atoms with van der Waals surface area (Å²) in [6.45, 7) is 7.22. The molecule has 2 aliphatic carbocycles. The fourth-order valence-electron chi connectivity index (χ4n) is 11.0. The van der Waals surface area contributed by atoms with E-state index in [0.29, 0.717) is 69.5 Å². The maximum Gasteiger partial charge on any atom is 0.334 e. The quantitative estimate of drug-likeness (QED) is 0.120. The normalized spacial score (nSPS) is 42.3. The lowest BCUT2D eigenvalue weighted by Gasteiger charge is -2.57. The average molecular weight is 776 g/mol. The Kier molecular flexibility index (Phi) is 12.3. The highest BCUT2D eigenvalue weighted by atomic mass is 33.1. The molecule has 13 atom stereocenters. The van der Waals surface area contributed by atoms with E-state index < -0.39 is 11.2 Å². The van der Waals surface area contributed by atoms with Crippen molar-refractivity contribution in [3.05, 3.63) is 23.3 Å². The molecule has 13 heteroatoms. The van der Waals surface area contributed by atoms with Gasteiger partial charge in [0.2, 0.25) is 5.91 Å². The van der Waals surface area contributed by atoms with Crippen molar-refractivity contribution in [1.82, 2.24) is 10.2 Å². The van der Waals surface area contributed by atoms with Crippen molar-refractivity contribution in [2.45, 2.75) is 127 Å². The summed E-state index contributed by atoms with van der Waals surface area (Å²) in [4.78, 5) is 43.1. The molecule has 5 aliphatic heterocycles. The molecule has 5 saturated heterocycles. The van der Waals surface area contributed by atoms with E-state index in [9.17, 15) is 24.6 Å². The van der Waals surface area contributed by atoms with Crippen LogP contribution in [0.3, 0.4) is 0 Å². The van der Waals surface area contributed by atoms with Crippen molar-refractivity contribution < 1.29 is 38.8 Å². The number of carbonyl (C=O) groups excluding carboxylic acids is 3. The highest BCUT2D eigenvalue weighted by molar-refractivity contribution is 8.76. The molecule has 5 heterocycles. The van der Waals surface area contributed by atoms with Gasteiger partial charge < -0.3 is 40.4 Å². The molecule has 0 aromatic rings. The number of carbonyl (C=O) groups is 3. The van der Waals surface area contributed by atoms with E-state index in [1.807, 2.05) is 28.5 Å². The predicted octanol–water partition coefficient (Wildman–Crippen LogP) is 4.35. The van der Waals surface area contributed by atoms with Gasteiger partial charge in [0, 0.05) is 74.6 Å². The number of allylic oxidation sites excluding steroid dienone is 1. The number of amides is 1. The number of aliphatic hydroxyl groups excluding tert-OH is 2. The summed E-state index contributed by atoms with van der Waals surface area (Å²) >= 11 is 0. The molecule has 6 fully saturated rings. The van der Waals surface area contributed by atoms with Gasteiger partial charge in [0.05, 0.1) is 18.2 Å². The molecule has 7 aliphatic rings. The topological polar surface area (TPSA) is 161 Å². The second kappa shape index (κ2) is 16.5. The van der Waals surface area contributed by atoms with Gasteiger partial charge >= 0.3 is 11.9 Å². The minimum atomic E-state index is -0.980. The van der Waals surface area contributed by atoms with E-state index in [2.05, 4.69) is 23.2 Å². The van der Waals surface area contributed by atoms with Crippen LogP contribution in [-0.4, -0.2) is 106 Å². The van der Waals surface area contributed by atoms with Crippen molar-refractivity contribution in [3.8, 4) is 0 Å². The molecular weight excluding hydrogens is 715 g/mol. The molecule has 1 saturated carbocycles. The van der Waals surface area contributed by atoms with Crippen molar-refractivity contribution >= 4 is 39.4 Å². The number of hydrogen-bond donors (Lipinski definition) is 4. The number of fused-ring (bicyclic) bond motifs is 7. The van der Waals surface area contributed by atoms with E-state index >= 15 is 0 Å². The number of nitrogens with two attached hydrogens (primary N) is 1. The molecule has 53 heavy (non-hydrogen) atoms. The summed E-state index contributed by atoms with van der Waals surface area (Å²) in [5, 5.41) is 22.9. The number of ether oxygens (including phenoxy) is 3. The van der Waals surface area contributed by atoms with Crippen LogP contribution < -0.4 is 11.1 Å². The Hall–Kier alpha value is -1.61. The smallest absolute Gasteiger partial charge is 0.334 e. The second-order valence-corrected chi connectivity index (χ2v) is 19.8. The first-order chi connectivity index (χ1) is 25.5. The molecular formula is C40H61N3O8S2. The lowest BCUT2D eigenvalue weighted by Crippen LogP contribution is -2.65. The summed E-state index contributed by atoms with van der Waals surface area (Å²) < 4.78 is 20.4. The van der Waals surface area contributed by atoms with Gasteiger partial charge in [-0.1, -0.05) is 39.3 Å². The molecule has 0 aromatic heterocycles. The van der Waals surface area contributed by atoms with Crippen LogP contribution in [0.25, 0.3) is 0 Å². The number of hydrogen-bond acceptors (Lipinski definition) is 12. The number of aliphatic hydroxyl groups is 2. The van der Waals surface area contributed by atoms with Gasteiger partial charge in [0.1, 0.15) is 17.3 Å². The maximum atomic E-state index is 13.9. The summed E-state index contributed by atoms with van der Waals surface area (Å²) in [6, 6.07) is 0.297. The molecule has 296 valence electrons. The minimum Gasteiger partial charge on any atom is -0.462 e. The van der Waals surface area contributed by atoms with Gasteiger partial charge in [-0.2, -0.15) is 0 Å². The average Bonchev–Trinajstić information content (AvgIpc) is 3.49. The van der Waals surface area contributed by atoms with Crippen molar-refractivity contribution in [1.29, 1.82) is 0 Å². The zero-order valence-corrected chi connectivity index (χ0v) is 33.3. The molecule has 0 bridgehead atoms. The Morgan fingerprint density at radius 3 is 2.74 bits per heavy atom. The third-order valence-corrected chi connectivity index (χ3v) is 16.6. The SMILES string of the molecule is CC=C(C)C(=O)O[C@@]1(C)CC=C2CSSC[C@@H]3CCN3C(=O)CC3CNC(N)CC3[C@@H]2[C@@]12CC1CC3CC(C[C@H](CO)CCCO)C(=O)OC3CC1O2. The lowest BCUT2D eigenvalue weighted by atomic mass is 9.56. The number of rotatable bonds is 8. The molecule has 1 amide bonds. The van der Waals surface area contributed by atoms with Crippen LogP contribution in [0.15, 0.2) is 23.3 Å². The highest BCUT2D eigenvalue weighted by Gasteiger charge is 2.68. The van der Waals surface area contributed by atoms with Gasteiger partial charge in [-0.05, 0) is 102 Å². The van der Waals surface area contributed by atoms with Crippen LogP contribution in [0.4, 0.5) is 0 Å². The standard InChI is InChI=1S/C40H61N3O8S2/c1-4-23(2)37(47)51-39(3)9-7-25-21-52-53-22-30-8-10-43(30)35(46)15-29-19-42-34(41)16-31(29)36(25)40(39)18-28-14-26-13-27(12-24(20-45)6-5-11-44)38(48)49-32(26)17-33(28)50-40/h4,7,24,26-34,36,42,44-45H,5-6,8-22,41H2,1-3H3/t24-,26?,27?,28?,29?,30+,31?,32?,33?,34?,36-,39+,40+/m1/s1. The van der Waals surface area contributed by atoms with Crippen LogP contribution in [0.5, 0.6) is 0 Å². The second-order valence-electron chi connectivity index (χ2n) is 17.3. The van der Waals surface area contributed by atoms with Gasteiger partial charge in [-0.3, -0.25) is 9.59 Å². The molecule has 0 aromatic carbocycles. The van der Waals surface area contributed by atoms with E-state index in [1.54, 1.807) is 13.0 Å². The van der Waals surface area contributed by atoms with E-state index in [-0.39, 0.29) is 90.9 Å². The lowest BCUT2D eigenvalue weighted by molar-refractivity contribution is -0.229. The fourth-order valence-corrected chi connectivity index (χ4v) is 13.5. The Bertz CT molecular complexity index is 1450. The van der Waals surface area contributed by atoms with Gasteiger partial charge in [-0.25, -0.2) is 4.79 Å². The largest absolute Gasteiger partial charge is 0.462 e. The Balaban J connectivity index is 1.23. The Labute approximate surface area is 322 Å². The summed E-state index contributed by atoms with van der Waals surface area (Å²) in [6.07, 6.45) is 10.9. The van der Waals surface area contributed by atoms with E-state index in [4.69, 9.17) is 19.9 Å². The van der Waals surface area contributed by atoms with Crippen LogP contribution >= 0.6 is 21.6 Å². The number of nitrogens with zero attached hydrogens (tertiary/aromatic N) is 1. The monoisotopic (exact) mass is 775 g/mol. The first kappa shape index (κ1) is 39.6. The van der Waals surface area contributed by atoms with E-state index in [1.165, 1.54) is 5.57 Å². The molecule has 11 nitrogen and oxygen atoms in total. The van der Waals surface area contributed by atoms with E-state index in [0.717, 1.165) is 37.3 Å². The van der Waals surface area contributed by atoms with Crippen LogP contribution in [0.2, 0.25) is 0 Å². The van der Waals surface area contributed by atoms with Gasteiger partial charge in [0.15, 0.2) is 0 Å². The van der Waals surface area contributed by atoms with Crippen molar-refractivity contribution in [2.75, 3.05) is 37.8 Å². The zero-order valence-electron chi connectivity index (χ0n) is 31.7. The Morgan fingerprint density at radius 2 is 2.00 bits per heavy atom. The third kappa shape index (κ3) is 7.75.